The third kappa shape index (κ3) is 4.05. The maximum atomic E-state index is 13.7. The third-order valence-corrected chi connectivity index (χ3v) is 3.57. The maximum Gasteiger partial charge on any atom is 0.143 e. The molecule has 0 aliphatic carbocycles. The van der Waals surface area contributed by atoms with E-state index in [-0.39, 0.29) is 5.82 Å². The summed E-state index contributed by atoms with van der Waals surface area (Å²) in [5.41, 5.74) is 0.367. The zero-order valence-corrected chi connectivity index (χ0v) is 11.9. The van der Waals surface area contributed by atoms with Crippen molar-refractivity contribution in [1.82, 2.24) is 4.90 Å². The first-order chi connectivity index (χ1) is 8.10. The Hall–Kier alpha value is -0.450. The second-order valence-corrected chi connectivity index (χ2v) is 4.83. The number of hydrogen-bond donors (Lipinski definition) is 1. The molecule has 0 saturated heterocycles. The van der Waals surface area contributed by atoms with Gasteiger partial charge in [-0.1, -0.05) is 26.0 Å². The highest BCUT2D eigenvalue weighted by Gasteiger charge is 2.15. The van der Waals surface area contributed by atoms with Crippen molar-refractivity contribution >= 4 is 15.9 Å². The highest BCUT2D eigenvalue weighted by Crippen LogP contribution is 2.25. The first-order valence-electron chi connectivity index (χ1n) is 5.94. The summed E-state index contributed by atoms with van der Waals surface area (Å²) in [6.45, 7) is 6.83. The summed E-state index contributed by atoms with van der Waals surface area (Å²) in [6.07, 6.45) is -0.192. The zero-order chi connectivity index (χ0) is 12.8. The lowest BCUT2D eigenvalue weighted by Crippen LogP contribution is -2.25. The van der Waals surface area contributed by atoms with Crippen LogP contribution in [0.25, 0.3) is 0 Å². The Morgan fingerprint density at radius 2 is 2.00 bits per heavy atom. The van der Waals surface area contributed by atoms with Gasteiger partial charge in [-0.05, 0) is 41.5 Å². The van der Waals surface area contributed by atoms with Gasteiger partial charge in [0, 0.05) is 12.1 Å². The van der Waals surface area contributed by atoms with Crippen molar-refractivity contribution in [2.75, 3.05) is 19.6 Å². The average Bonchev–Trinajstić information content (AvgIpc) is 2.33. The summed E-state index contributed by atoms with van der Waals surface area (Å²) in [5.74, 6) is -0.362. The van der Waals surface area contributed by atoms with E-state index in [0.29, 0.717) is 16.5 Å². The molecular weight excluding hydrogens is 285 g/mol. The van der Waals surface area contributed by atoms with Crippen LogP contribution in [0.15, 0.2) is 22.7 Å². The highest BCUT2D eigenvalue weighted by atomic mass is 79.9. The summed E-state index contributed by atoms with van der Waals surface area (Å²) in [5, 5.41) is 9.98. The summed E-state index contributed by atoms with van der Waals surface area (Å²) in [6, 6.07) is 5.01. The molecule has 1 atom stereocenters. The van der Waals surface area contributed by atoms with Gasteiger partial charge in [-0.3, -0.25) is 0 Å². The van der Waals surface area contributed by atoms with Crippen LogP contribution in [-0.2, 0) is 0 Å². The molecule has 96 valence electrons. The second-order valence-electron chi connectivity index (χ2n) is 3.97. The Labute approximate surface area is 111 Å². The minimum atomic E-state index is -0.743. The lowest BCUT2D eigenvalue weighted by molar-refractivity contribution is 0.141. The molecule has 0 bridgehead atoms. The van der Waals surface area contributed by atoms with E-state index in [9.17, 15) is 9.50 Å². The fourth-order valence-electron chi connectivity index (χ4n) is 1.78. The molecule has 0 spiro atoms. The molecule has 0 aliphatic heterocycles. The van der Waals surface area contributed by atoms with Gasteiger partial charge in [0.05, 0.1) is 10.6 Å². The lowest BCUT2D eigenvalue weighted by Gasteiger charge is -2.20. The number of halogens is 2. The number of benzene rings is 1. The summed E-state index contributed by atoms with van der Waals surface area (Å²) >= 11 is 3.13. The van der Waals surface area contributed by atoms with Crippen molar-refractivity contribution < 1.29 is 9.50 Å². The standard InChI is InChI=1S/C13H19BrFNO/c1-3-16(4-2)9-8-12(17)10-6-5-7-11(14)13(10)15/h5-7,12,17H,3-4,8-9H2,1-2H3. The SMILES string of the molecule is CCN(CC)CCC(O)c1cccc(Br)c1F. The van der Waals surface area contributed by atoms with Gasteiger partial charge < -0.3 is 10.0 Å². The molecule has 1 rings (SSSR count). The minimum absolute atomic E-state index is 0.362. The van der Waals surface area contributed by atoms with E-state index in [1.807, 2.05) is 0 Å². The molecule has 17 heavy (non-hydrogen) atoms. The van der Waals surface area contributed by atoms with Crippen LogP contribution in [0.3, 0.4) is 0 Å². The first-order valence-corrected chi connectivity index (χ1v) is 6.73. The van der Waals surface area contributed by atoms with Gasteiger partial charge in [0.2, 0.25) is 0 Å². The van der Waals surface area contributed by atoms with Gasteiger partial charge >= 0.3 is 0 Å². The third-order valence-electron chi connectivity index (χ3n) is 2.95. The first kappa shape index (κ1) is 14.6. The van der Waals surface area contributed by atoms with E-state index >= 15 is 0 Å². The van der Waals surface area contributed by atoms with Crippen LogP contribution in [0.5, 0.6) is 0 Å². The van der Waals surface area contributed by atoms with Crippen molar-refractivity contribution in [2.24, 2.45) is 0 Å². The molecule has 0 aromatic heterocycles. The fourth-order valence-corrected chi connectivity index (χ4v) is 2.16. The van der Waals surface area contributed by atoms with Gasteiger partial charge in [-0.2, -0.15) is 0 Å². The van der Waals surface area contributed by atoms with Crippen molar-refractivity contribution in [3.63, 3.8) is 0 Å². The zero-order valence-electron chi connectivity index (χ0n) is 10.3. The van der Waals surface area contributed by atoms with Crippen LogP contribution in [0.4, 0.5) is 4.39 Å². The van der Waals surface area contributed by atoms with Gasteiger partial charge in [-0.25, -0.2) is 4.39 Å². The number of nitrogens with zero attached hydrogens (tertiary/aromatic N) is 1. The van der Waals surface area contributed by atoms with Crippen molar-refractivity contribution in [3.05, 3.63) is 34.1 Å². The summed E-state index contributed by atoms with van der Waals surface area (Å²) in [7, 11) is 0. The van der Waals surface area contributed by atoms with E-state index in [2.05, 4.69) is 34.7 Å². The summed E-state index contributed by atoms with van der Waals surface area (Å²) in [4.78, 5) is 2.21. The van der Waals surface area contributed by atoms with Crippen LogP contribution in [0.2, 0.25) is 0 Å². The Morgan fingerprint density at radius 1 is 1.35 bits per heavy atom. The quantitative estimate of drug-likeness (QED) is 0.871. The molecule has 0 amide bonds. The predicted octanol–water partition coefficient (Wildman–Crippen LogP) is 3.35. The maximum absolute atomic E-state index is 13.7. The van der Waals surface area contributed by atoms with E-state index in [1.165, 1.54) is 0 Å². The van der Waals surface area contributed by atoms with Gasteiger partial charge in [0.15, 0.2) is 0 Å². The Bertz CT molecular complexity index is 355. The van der Waals surface area contributed by atoms with Crippen LogP contribution in [0, 0.1) is 5.82 Å². The fraction of sp³-hybridized carbons (Fsp3) is 0.538. The lowest BCUT2D eigenvalue weighted by atomic mass is 10.1. The Morgan fingerprint density at radius 3 is 2.59 bits per heavy atom. The normalized spacial score (nSPS) is 13.1. The molecule has 4 heteroatoms. The van der Waals surface area contributed by atoms with Crippen molar-refractivity contribution in [2.45, 2.75) is 26.4 Å². The molecule has 2 nitrogen and oxygen atoms in total. The molecule has 0 aliphatic rings. The van der Waals surface area contributed by atoms with E-state index in [0.717, 1.165) is 19.6 Å². The topological polar surface area (TPSA) is 23.5 Å². The largest absolute Gasteiger partial charge is 0.388 e. The van der Waals surface area contributed by atoms with E-state index < -0.39 is 6.10 Å². The molecule has 0 saturated carbocycles. The highest BCUT2D eigenvalue weighted by molar-refractivity contribution is 9.10. The molecule has 1 aromatic rings. The minimum Gasteiger partial charge on any atom is -0.388 e. The van der Waals surface area contributed by atoms with Gasteiger partial charge in [-0.15, -0.1) is 0 Å². The number of aliphatic hydroxyl groups excluding tert-OH is 1. The Kier molecular flexibility index (Phi) is 6.09. The second kappa shape index (κ2) is 7.09. The average molecular weight is 304 g/mol. The van der Waals surface area contributed by atoms with Crippen LogP contribution in [-0.4, -0.2) is 29.6 Å². The van der Waals surface area contributed by atoms with E-state index in [1.54, 1.807) is 18.2 Å². The van der Waals surface area contributed by atoms with Crippen molar-refractivity contribution in [3.8, 4) is 0 Å². The molecule has 0 radical (unpaired) electrons. The van der Waals surface area contributed by atoms with Crippen molar-refractivity contribution in [1.29, 1.82) is 0 Å². The van der Waals surface area contributed by atoms with Crippen LogP contribution >= 0.6 is 15.9 Å². The van der Waals surface area contributed by atoms with Crippen LogP contribution in [0.1, 0.15) is 31.9 Å². The number of hydrogen-bond acceptors (Lipinski definition) is 2. The monoisotopic (exact) mass is 303 g/mol. The molecule has 0 heterocycles. The molecule has 1 N–H and O–H groups in total. The Balaban J connectivity index is 2.63. The summed E-state index contributed by atoms with van der Waals surface area (Å²) < 4.78 is 14.1. The predicted molar refractivity (Wildman–Crippen MR) is 71.5 cm³/mol. The smallest absolute Gasteiger partial charge is 0.143 e. The molecule has 1 aromatic carbocycles. The van der Waals surface area contributed by atoms with Gasteiger partial charge in [0.1, 0.15) is 5.82 Å². The molecular formula is C13H19BrFNO. The van der Waals surface area contributed by atoms with E-state index in [4.69, 9.17) is 0 Å². The van der Waals surface area contributed by atoms with Gasteiger partial charge in [0.25, 0.3) is 0 Å². The molecule has 1 unspecified atom stereocenters. The number of aliphatic hydroxyl groups is 1. The number of rotatable bonds is 6. The molecule has 0 fully saturated rings. The van der Waals surface area contributed by atoms with Crippen LogP contribution < -0.4 is 0 Å².